The first-order valence-corrected chi connectivity index (χ1v) is 8.23. The Morgan fingerprint density at radius 1 is 0.957 bits per heavy atom. The van der Waals surface area contributed by atoms with Crippen molar-refractivity contribution in [2.75, 3.05) is 44.4 Å². The molecule has 124 valence electrons. The van der Waals surface area contributed by atoms with Gasteiger partial charge in [-0.05, 0) is 51.5 Å². The number of aromatic nitrogens is 2. The predicted molar refractivity (Wildman–Crippen MR) is 96.9 cm³/mol. The molecule has 2 aromatic rings. The molecule has 23 heavy (non-hydrogen) atoms. The zero-order valence-electron chi connectivity index (χ0n) is 14.1. The second-order valence-electron chi connectivity index (χ2n) is 5.87. The largest absolute Gasteiger partial charge is 0.370 e. The van der Waals surface area contributed by atoms with Gasteiger partial charge in [0.05, 0.1) is 0 Å². The second-order valence-corrected chi connectivity index (χ2v) is 5.87. The molecule has 0 unspecified atom stereocenters. The minimum absolute atomic E-state index is 0.690. The van der Waals surface area contributed by atoms with Crippen LogP contribution in [0.25, 0.3) is 0 Å². The molecule has 0 saturated heterocycles. The van der Waals surface area contributed by atoms with E-state index in [9.17, 15) is 0 Å². The second kappa shape index (κ2) is 9.79. The molecule has 0 atom stereocenters. The Hall–Kier alpha value is -2.14. The van der Waals surface area contributed by atoms with Crippen molar-refractivity contribution in [1.29, 1.82) is 0 Å². The molecule has 1 heterocycles. The van der Waals surface area contributed by atoms with E-state index in [1.54, 1.807) is 6.20 Å². The SMILES string of the molecule is CN(C)CCCNc1ccnc(NCCCc2ccccc2)n1. The Morgan fingerprint density at radius 2 is 1.74 bits per heavy atom. The number of nitrogens with zero attached hydrogens (tertiary/aromatic N) is 3. The lowest BCUT2D eigenvalue weighted by molar-refractivity contribution is 0.405. The molecule has 0 spiro atoms. The zero-order valence-corrected chi connectivity index (χ0v) is 14.1. The van der Waals surface area contributed by atoms with Crippen molar-refractivity contribution in [2.24, 2.45) is 0 Å². The third kappa shape index (κ3) is 7.10. The van der Waals surface area contributed by atoms with E-state index in [2.05, 4.69) is 63.9 Å². The Kier molecular flexibility index (Phi) is 7.33. The van der Waals surface area contributed by atoms with Crippen LogP contribution < -0.4 is 10.6 Å². The molecule has 5 nitrogen and oxygen atoms in total. The molecule has 0 amide bonds. The van der Waals surface area contributed by atoms with E-state index >= 15 is 0 Å². The van der Waals surface area contributed by atoms with Gasteiger partial charge in [-0.3, -0.25) is 0 Å². The molecule has 2 N–H and O–H groups in total. The van der Waals surface area contributed by atoms with Crippen LogP contribution in [0, 0.1) is 0 Å². The van der Waals surface area contributed by atoms with Crippen LogP contribution in [0.15, 0.2) is 42.6 Å². The van der Waals surface area contributed by atoms with Crippen molar-refractivity contribution in [3.8, 4) is 0 Å². The molecule has 2 rings (SSSR count). The summed E-state index contributed by atoms with van der Waals surface area (Å²) in [7, 11) is 4.17. The lowest BCUT2D eigenvalue weighted by Gasteiger charge is -2.11. The van der Waals surface area contributed by atoms with Gasteiger partial charge < -0.3 is 15.5 Å². The maximum Gasteiger partial charge on any atom is 0.224 e. The number of anilines is 2. The van der Waals surface area contributed by atoms with Gasteiger partial charge in [0.15, 0.2) is 0 Å². The van der Waals surface area contributed by atoms with Crippen molar-refractivity contribution in [2.45, 2.75) is 19.3 Å². The molecule has 0 radical (unpaired) electrons. The molecule has 0 aliphatic carbocycles. The summed E-state index contributed by atoms with van der Waals surface area (Å²) in [5.41, 5.74) is 1.37. The molecular weight excluding hydrogens is 286 g/mol. The average molecular weight is 313 g/mol. The minimum atomic E-state index is 0.690. The molecule has 0 bridgehead atoms. The Balaban J connectivity index is 1.68. The molecule has 0 aliphatic rings. The predicted octanol–water partition coefficient (Wildman–Crippen LogP) is 2.88. The molecule has 5 heteroatoms. The van der Waals surface area contributed by atoms with Crippen LogP contribution in [0.5, 0.6) is 0 Å². The number of benzene rings is 1. The molecule has 1 aromatic heterocycles. The van der Waals surface area contributed by atoms with Gasteiger partial charge in [-0.1, -0.05) is 30.3 Å². The first-order chi connectivity index (χ1) is 11.2. The Morgan fingerprint density at radius 3 is 2.52 bits per heavy atom. The van der Waals surface area contributed by atoms with Gasteiger partial charge >= 0.3 is 0 Å². The standard InChI is InChI=1S/C18H27N5/c1-23(2)15-7-13-19-17-11-14-21-18(22-17)20-12-6-10-16-8-4-3-5-9-16/h3-5,8-9,11,14H,6-7,10,12-13,15H2,1-2H3,(H2,19,20,21,22). The van der Waals surface area contributed by atoms with Crippen LogP contribution in [0.1, 0.15) is 18.4 Å². The first-order valence-electron chi connectivity index (χ1n) is 8.23. The molecule has 1 aromatic carbocycles. The smallest absolute Gasteiger partial charge is 0.224 e. The fourth-order valence-electron chi connectivity index (χ4n) is 2.29. The summed E-state index contributed by atoms with van der Waals surface area (Å²) in [6, 6.07) is 12.4. The molecule has 0 fully saturated rings. The summed E-state index contributed by atoms with van der Waals surface area (Å²) in [5, 5.41) is 6.63. The van der Waals surface area contributed by atoms with Crippen LogP contribution in [-0.4, -0.2) is 48.6 Å². The van der Waals surface area contributed by atoms with E-state index in [0.29, 0.717) is 5.95 Å². The van der Waals surface area contributed by atoms with Crippen LogP contribution in [-0.2, 0) is 6.42 Å². The highest BCUT2D eigenvalue weighted by Crippen LogP contribution is 2.07. The van der Waals surface area contributed by atoms with Gasteiger partial charge in [-0.25, -0.2) is 4.98 Å². The van der Waals surface area contributed by atoms with Crippen LogP contribution in [0.3, 0.4) is 0 Å². The van der Waals surface area contributed by atoms with E-state index in [1.165, 1.54) is 5.56 Å². The highest BCUT2D eigenvalue weighted by atomic mass is 15.1. The van der Waals surface area contributed by atoms with Gasteiger partial charge in [0.2, 0.25) is 5.95 Å². The zero-order chi connectivity index (χ0) is 16.3. The highest BCUT2D eigenvalue weighted by Gasteiger charge is 1.99. The fourth-order valence-corrected chi connectivity index (χ4v) is 2.29. The quantitative estimate of drug-likeness (QED) is 0.661. The Labute approximate surface area is 139 Å². The van der Waals surface area contributed by atoms with Gasteiger partial charge in [-0.15, -0.1) is 0 Å². The highest BCUT2D eigenvalue weighted by molar-refractivity contribution is 5.39. The van der Waals surface area contributed by atoms with Gasteiger partial charge in [-0.2, -0.15) is 4.98 Å². The fraction of sp³-hybridized carbons (Fsp3) is 0.444. The van der Waals surface area contributed by atoms with E-state index in [-0.39, 0.29) is 0 Å². The number of nitrogens with one attached hydrogen (secondary N) is 2. The number of rotatable bonds is 10. The lowest BCUT2D eigenvalue weighted by Crippen LogP contribution is -2.17. The summed E-state index contributed by atoms with van der Waals surface area (Å²) < 4.78 is 0. The van der Waals surface area contributed by atoms with Crippen molar-refractivity contribution in [3.63, 3.8) is 0 Å². The van der Waals surface area contributed by atoms with E-state index in [4.69, 9.17) is 0 Å². The maximum absolute atomic E-state index is 4.49. The van der Waals surface area contributed by atoms with Gasteiger partial charge in [0.1, 0.15) is 5.82 Å². The third-order valence-electron chi connectivity index (χ3n) is 3.51. The summed E-state index contributed by atoms with van der Waals surface area (Å²) in [6.45, 7) is 2.87. The average Bonchev–Trinajstić information content (AvgIpc) is 2.57. The van der Waals surface area contributed by atoms with Gasteiger partial charge in [0.25, 0.3) is 0 Å². The summed E-state index contributed by atoms with van der Waals surface area (Å²) in [5.74, 6) is 1.57. The number of aryl methyl sites for hydroxylation is 1. The Bertz CT molecular complexity index is 556. The monoisotopic (exact) mass is 313 g/mol. The lowest BCUT2D eigenvalue weighted by atomic mass is 10.1. The van der Waals surface area contributed by atoms with Crippen molar-refractivity contribution >= 4 is 11.8 Å². The van der Waals surface area contributed by atoms with Crippen molar-refractivity contribution < 1.29 is 0 Å². The minimum Gasteiger partial charge on any atom is -0.370 e. The van der Waals surface area contributed by atoms with E-state index in [1.807, 2.05) is 12.1 Å². The topological polar surface area (TPSA) is 53.1 Å². The van der Waals surface area contributed by atoms with E-state index in [0.717, 1.165) is 44.7 Å². The van der Waals surface area contributed by atoms with Crippen LogP contribution in [0.2, 0.25) is 0 Å². The molecule has 0 saturated carbocycles. The van der Waals surface area contributed by atoms with Crippen LogP contribution >= 0.6 is 0 Å². The first kappa shape index (κ1) is 17.2. The summed E-state index contributed by atoms with van der Waals surface area (Å²) in [4.78, 5) is 10.9. The number of hydrogen-bond acceptors (Lipinski definition) is 5. The summed E-state index contributed by atoms with van der Waals surface area (Å²) >= 11 is 0. The molecule has 0 aliphatic heterocycles. The summed E-state index contributed by atoms with van der Waals surface area (Å²) in [6.07, 6.45) is 5.02. The van der Waals surface area contributed by atoms with Crippen molar-refractivity contribution in [1.82, 2.24) is 14.9 Å². The van der Waals surface area contributed by atoms with E-state index < -0.39 is 0 Å². The normalized spacial score (nSPS) is 10.7. The van der Waals surface area contributed by atoms with Gasteiger partial charge in [0, 0.05) is 19.3 Å². The number of hydrogen-bond donors (Lipinski definition) is 2. The van der Waals surface area contributed by atoms with Crippen LogP contribution in [0.4, 0.5) is 11.8 Å². The van der Waals surface area contributed by atoms with Crippen molar-refractivity contribution in [3.05, 3.63) is 48.2 Å². The third-order valence-corrected chi connectivity index (χ3v) is 3.51. The maximum atomic E-state index is 4.49. The molecular formula is C18H27N5.